The predicted molar refractivity (Wildman–Crippen MR) is 91.0 cm³/mol. The minimum absolute atomic E-state index is 0.248. The average molecular weight is 340 g/mol. The van der Waals surface area contributed by atoms with E-state index < -0.39 is 33.4 Å². The summed E-state index contributed by atoms with van der Waals surface area (Å²) in [5.74, 6) is 0.547. The molecule has 0 aliphatic carbocycles. The van der Waals surface area contributed by atoms with Gasteiger partial charge in [0, 0.05) is 5.46 Å². The van der Waals surface area contributed by atoms with Crippen LogP contribution in [0, 0.1) is 0 Å². The zero-order valence-electron chi connectivity index (χ0n) is 14.8. The van der Waals surface area contributed by atoms with E-state index in [1.807, 2.05) is 27.7 Å². The lowest BCUT2D eigenvalue weighted by Crippen LogP contribution is -2.41. The molecular weight excluding hydrogens is 315 g/mol. The summed E-state index contributed by atoms with van der Waals surface area (Å²) in [7, 11) is -2.50. The smallest absolute Gasteiger partial charge is 0.497 e. The molecule has 1 aliphatic heterocycles. The van der Waals surface area contributed by atoms with Crippen LogP contribution >= 0.6 is 0 Å². The summed E-state index contributed by atoms with van der Waals surface area (Å²) in [6.45, 7) is 11.1. The van der Waals surface area contributed by atoms with Gasteiger partial charge < -0.3 is 14.0 Å². The van der Waals surface area contributed by atoms with Gasteiger partial charge in [-0.05, 0) is 59.7 Å². The number of hydrogen-bond donors (Lipinski definition) is 0. The first-order chi connectivity index (χ1) is 10.4. The van der Waals surface area contributed by atoms with Crippen LogP contribution in [0.15, 0.2) is 23.1 Å². The monoisotopic (exact) mass is 340 g/mol. The van der Waals surface area contributed by atoms with E-state index >= 15 is 0 Å². The zero-order chi connectivity index (χ0) is 17.6. The standard InChI is InChI=1S/C16H25BO5S/c1-11(2)23(18,19)12-8-9-14(20-7)13(10-12)17-21-15(3,4)16(5,6)22-17/h8-11H,1-7H3. The van der Waals surface area contributed by atoms with Crippen molar-refractivity contribution in [3.05, 3.63) is 18.2 Å². The highest BCUT2D eigenvalue weighted by Gasteiger charge is 2.52. The number of benzene rings is 1. The van der Waals surface area contributed by atoms with Crippen molar-refractivity contribution in [1.82, 2.24) is 0 Å². The molecule has 0 saturated carbocycles. The van der Waals surface area contributed by atoms with Crippen molar-refractivity contribution < 1.29 is 22.5 Å². The molecular formula is C16H25BO5S. The Morgan fingerprint density at radius 3 is 2.04 bits per heavy atom. The molecule has 0 N–H and O–H groups in total. The zero-order valence-corrected chi connectivity index (χ0v) is 15.7. The lowest BCUT2D eigenvalue weighted by Gasteiger charge is -2.32. The van der Waals surface area contributed by atoms with E-state index in [-0.39, 0.29) is 4.90 Å². The molecule has 1 aromatic carbocycles. The first-order valence-electron chi connectivity index (χ1n) is 7.70. The van der Waals surface area contributed by atoms with Crippen LogP contribution in [-0.4, -0.2) is 39.1 Å². The molecule has 0 aromatic heterocycles. The summed E-state index contributed by atoms with van der Waals surface area (Å²) in [6, 6.07) is 4.80. The van der Waals surface area contributed by atoms with Gasteiger partial charge in [-0.25, -0.2) is 8.42 Å². The van der Waals surface area contributed by atoms with E-state index in [2.05, 4.69) is 0 Å². The Kier molecular flexibility index (Phi) is 4.61. The highest BCUT2D eigenvalue weighted by atomic mass is 32.2. The fourth-order valence-corrected chi connectivity index (χ4v) is 3.41. The molecule has 1 aromatic rings. The number of hydrogen-bond acceptors (Lipinski definition) is 5. The lowest BCUT2D eigenvalue weighted by atomic mass is 9.78. The van der Waals surface area contributed by atoms with Crippen molar-refractivity contribution in [2.45, 2.75) is 62.9 Å². The Balaban J connectivity index is 2.51. The Bertz CT molecular complexity index is 678. The average Bonchev–Trinajstić information content (AvgIpc) is 2.66. The molecule has 0 radical (unpaired) electrons. The number of sulfone groups is 1. The number of ether oxygens (including phenoxy) is 1. The molecule has 2 rings (SSSR count). The molecule has 0 atom stereocenters. The van der Waals surface area contributed by atoms with E-state index in [4.69, 9.17) is 14.0 Å². The molecule has 0 bridgehead atoms. The van der Waals surface area contributed by atoms with Gasteiger partial charge in [0.05, 0.1) is 28.5 Å². The molecule has 0 amide bonds. The molecule has 0 unspecified atom stereocenters. The second-order valence-corrected chi connectivity index (χ2v) is 9.59. The summed E-state index contributed by atoms with van der Waals surface area (Å²) < 4.78 is 42.3. The third kappa shape index (κ3) is 3.14. The topological polar surface area (TPSA) is 61.8 Å². The first-order valence-corrected chi connectivity index (χ1v) is 9.24. The van der Waals surface area contributed by atoms with Crippen LogP contribution in [0.4, 0.5) is 0 Å². The molecule has 23 heavy (non-hydrogen) atoms. The van der Waals surface area contributed by atoms with Crippen LogP contribution in [0.2, 0.25) is 0 Å². The molecule has 1 saturated heterocycles. The predicted octanol–water partition coefficient (Wildman–Crippen LogP) is 2.18. The quantitative estimate of drug-likeness (QED) is 0.786. The van der Waals surface area contributed by atoms with Gasteiger partial charge in [-0.3, -0.25) is 0 Å². The van der Waals surface area contributed by atoms with Crippen molar-refractivity contribution in [3.63, 3.8) is 0 Å². The van der Waals surface area contributed by atoms with Crippen molar-refractivity contribution in [2.24, 2.45) is 0 Å². The molecule has 5 nitrogen and oxygen atoms in total. The fraction of sp³-hybridized carbons (Fsp3) is 0.625. The van der Waals surface area contributed by atoms with E-state index in [9.17, 15) is 8.42 Å². The van der Waals surface area contributed by atoms with Gasteiger partial charge in [0.25, 0.3) is 0 Å². The van der Waals surface area contributed by atoms with Gasteiger partial charge in [0.1, 0.15) is 5.75 Å². The molecule has 128 valence electrons. The van der Waals surface area contributed by atoms with Crippen LogP contribution in [0.1, 0.15) is 41.5 Å². The van der Waals surface area contributed by atoms with Gasteiger partial charge in [0.15, 0.2) is 9.84 Å². The second kappa shape index (κ2) is 5.79. The lowest BCUT2D eigenvalue weighted by molar-refractivity contribution is 0.00578. The van der Waals surface area contributed by atoms with Gasteiger partial charge >= 0.3 is 7.12 Å². The summed E-state index contributed by atoms with van der Waals surface area (Å²) >= 11 is 0. The third-order valence-electron chi connectivity index (χ3n) is 4.66. The SMILES string of the molecule is COc1ccc(S(=O)(=O)C(C)C)cc1B1OC(C)(C)C(C)(C)O1. The second-order valence-electron chi connectivity index (χ2n) is 7.09. The number of rotatable bonds is 4. The van der Waals surface area contributed by atoms with Crippen molar-refractivity contribution >= 4 is 22.4 Å². The molecule has 1 aliphatic rings. The molecule has 1 fully saturated rings. The van der Waals surface area contributed by atoms with E-state index in [0.29, 0.717) is 11.2 Å². The normalized spacial score (nSPS) is 20.1. The van der Waals surface area contributed by atoms with Crippen molar-refractivity contribution in [2.75, 3.05) is 7.11 Å². The highest BCUT2D eigenvalue weighted by molar-refractivity contribution is 7.92. The first kappa shape index (κ1) is 18.3. The largest absolute Gasteiger partial charge is 0.498 e. The van der Waals surface area contributed by atoms with E-state index in [1.165, 1.54) is 0 Å². The van der Waals surface area contributed by atoms with Crippen LogP contribution in [0.3, 0.4) is 0 Å². The maximum absolute atomic E-state index is 12.4. The van der Waals surface area contributed by atoms with Crippen molar-refractivity contribution in [1.29, 1.82) is 0 Å². The van der Waals surface area contributed by atoms with Crippen LogP contribution in [-0.2, 0) is 19.1 Å². The van der Waals surface area contributed by atoms with Crippen LogP contribution in [0.25, 0.3) is 0 Å². The Labute approximate surface area is 139 Å². The summed E-state index contributed by atoms with van der Waals surface area (Å²) in [5, 5.41) is -0.498. The number of methoxy groups -OCH3 is 1. The van der Waals surface area contributed by atoms with Gasteiger partial charge in [0.2, 0.25) is 0 Å². The third-order valence-corrected chi connectivity index (χ3v) is 6.81. The highest BCUT2D eigenvalue weighted by Crippen LogP contribution is 2.37. The van der Waals surface area contributed by atoms with E-state index in [1.54, 1.807) is 39.2 Å². The maximum Gasteiger partial charge on any atom is 0.498 e. The van der Waals surface area contributed by atoms with E-state index in [0.717, 1.165) is 0 Å². The van der Waals surface area contributed by atoms with Crippen molar-refractivity contribution in [3.8, 4) is 5.75 Å². The van der Waals surface area contributed by atoms with Gasteiger partial charge in [-0.2, -0.15) is 0 Å². The molecule has 1 heterocycles. The Hall–Kier alpha value is -1.05. The Morgan fingerprint density at radius 2 is 1.61 bits per heavy atom. The summed E-state index contributed by atoms with van der Waals surface area (Å²) in [4.78, 5) is 0.248. The minimum Gasteiger partial charge on any atom is -0.497 e. The molecule has 7 heteroatoms. The summed E-state index contributed by atoms with van der Waals surface area (Å²) in [6.07, 6.45) is 0. The van der Waals surface area contributed by atoms with Crippen LogP contribution < -0.4 is 10.2 Å². The maximum atomic E-state index is 12.4. The summed E-state index contributed by atoms with van der Waals surface area (Å²) in [5.41, 5.74) is -0.418. The van der Waals surface area contributed by atoms with Gasteiger partial charge in [-0.1, -0.05) is 0 Å². The van der Waals surface area contributed by atoms with Gasteiger partial charge in [-0.15, -0.1) is 0 Å². The fourth-order valence-electron chi connectivity index (χ4n) is 2.32. The van der Waals surface area contributed by atoms with Crippen LogP contribution in [0.5, 0.6) is 5.75 Å². The Morgan fingerprint density at radius 1 is 1.09 bits per heavy atom. The molecule has 0 spiro atoms. The minimum atomic E-state index is -3.38.